The molecule has 0 aliphatic heterocycles. The van der Waals surface area contributed by atoms with E-state index in [0.717, 1.165) is 25.0 Å². The normalized spacial score (nSPS) is 26.1. The highest BCUT2D eigenvalue weighted by molar-refractivity contribution is 5.81. The van der Waals surface area contributed by atoms with E-state index in [2.05, 4.69) is 13.8 Å². The minimum Gasteiger partial charge on any atom is -0.490 e. The lowest BCUT2D eigenvalue weighted by atomic mass is 9.80. The first-order chi connectivity index (χ1) is 9.65. The molecule has 3 heteroatoms. The van der Waals surface area contributed by atoms with Crippen molar-refractivity contribution in [2.24, 2.45) is 11.8 Å². The molecule has 1 saturated carbocycles. The van der Waals surface area contributed by atoms with Gasteiger partial charge in [0.25, 0.3) is 0 Å². The van der Waals surface area contributed by atoms with Crippen LogP contribution < -0.4 is 9.47 Å². The molecule has 20 heavy (non-hydrogen) atoms. The number of aldehydes is 1. The topological polar surface area (TPSA) is 35.5 Å². The fraction of sp³-hybridized carbons (Fsp3) is 0.588. The van der Waals surface area contributed by atoms with E-state index in [4.69, 9.17) is 9.47 Å². The van der Waals surface area contributed by atoms with Crippen LogP contribution in [0, 0.1) is 11.8 Å². The molecule has 2 rings (SSSR count). The van der Waals surface area contributed by atoms with Gasteiger partial charge < -0.3 is 9.47 Å². The zero-order chi connectivity index (χ0) is 14.5. The number of hydrogen-bond acceptors (Lipinski definition) is 3. The van der Waals surface area contributed by atoms with Crippen molar-refractivity contribution in [1.29, 1.82) is 0 Å². The Morgan fingerprint density at radius 2 is 2.05 bits per heavy atom. The number of rotatable bonds is 5. The van der Waals surface area contributed by atoms with Crippen LogP contribution in [0.4, 0.5) is 0 Å². The minimum atomic E-state index is 0.182. The Balaban J connectivity index is 2.17. The van der Waals surface area contributed by atoms with E-state index in [1.807, 2.05) is 19.1 Å². The number of hydrogen-bond donors (Lipinski definition) is 0. The van der Waals surface area contributed by atoms with Crippen molar-refractivity contribution < 1.29 is 14.3 Å². The van der Waals surface area contributed by atoms with Crippen molar-refractivity contribution in [1.82, 2.24) is 0 Å². The van der Waals surface area contributed by atoms with Gasteiger partial charge in [0, 0.05) is 0 Å². The quantitative estimate of drug-likeness (QED) is 0.759. The number of benzene rings is 1. The molecule has 0 bridgehead atoms. The van der Waals surface area contributed by atoms with E-state index in [0.29, 0.717) is 29.6 Å². The largest absolute Gasteiger partial charge is 0.490 e. The number of ether oxygens (including phenoxy) is 2. The van der Waals surface area contributed by atoms with Crippen LogP contribution >= 0.6 is 0 Å². The van der Waals surface area contributed by atoms with Gasteiger partial charge in [-0.15, -0.1) is 0 Å². The highest BCUT2D eigenvalue weighted by atomic mass is 16.5. The Kier molecular flexibility index (Phi) is 5.05. The molecule has 3 atom stereocenters. The van der Waals surface area contributed by atoms with Crippen LogP contribution in [-0.2, 0) is 0 Å². The summed E-state index contributed by atoms with van der Waals surface area (Å²) in [6.45, 7) is 7.07. The van der Waals surface area contributed by atoms with Crippen LogP contribution in [0.1, 0.15) is 50.4 Å². The Morgan fingerprint density at radius 3 is 2.70 bits per heavy atom. The minimum absolute atomic E-state index is 0.182. The SMILES string of the molecule is CCOc1cccc(C=O)c1OC1CCC(C)C(C)C1. The van der Waals surface area contributed by atoms with E-state index in [9.17, 15) is 4.79 Å². The molecule has 3 unspecified atom stereocenters. The predicted molar refractivity (Wildman–Crippen MR) is 79.6 cm³/mol. The molecule has 1 aliphatic carbocycles. The molecule has 0 heterocycles. The second-order valence-corrected chi connectivity index (χ2v) is 5.73. The van der Waals surface area contributed by atoms with E-state index in [1.165, 1.54) is 6.42 Å². The zero-order valence-corrected chi connectivity index (χ0v) is 12.6. The summed E-state index contributed by atoms with van der Waals surface area (Å²) in [5.41, 5.74) is 0.572. The Bertz CT molecular complexity index is 456. The molecular weight excluding hydrogens is 252 g/mol. The Morgan fingerprint density at radius 1 is 1.25 bits per heavy atom. The molecule has 1 aromatic rings. The summed E-state index contributed by atoms with van der Waals surface area (Å²) in [7, 11) is 0. The molecule has 0 radical (unpaired) electrons. The summed E-state index contributed by atoms with van der Waals surface area (Å²) < 4.78 is 11.7. The zero-order valence-electron chi connectivity index (χ0n) is 12.6. The molecule has 0 N–H and O–H groups in total. The summed E-state index contributed by atoms with van der Waals surface area (Å²) in [4.78, 5) is 11.2. The third kappa shape index (κ3) is 3.33. The van der Waals surface area contributed by atoms with Crippen molar-refractivity contribution in [3.8, 4) is 11.5 Å². The molecule has 110 valence electrons. The molecule has 0 aromatic heterocycles. The van der Waals surface area contributed by atoms with Crippen LogP contribution in [-0.4, -0.2) is 19.0 Å². The van der Waals surface area contributed by atoms with Crippen LogP contribution in [0.5, 0.6) is 11.5 Å². The van der Waals surface area contributed by atoms with Gasteiger partial charge in [0.05, 0.1) is 18.3 Å². The highest BCUT2D eigenvalue weighted by Crippen LogP contribution is 2.36. The van der Waals surface area contributed by atoms with Crippen molar-refractivity contribution in [3.63, 3.8) is 0 Å². The lowest BCUT2D eigenvalue weighted by molar-refractivity contribution is 0.0943. The van der Waals surface area contributed by atoms with Crippen LogP contribution in [0.2, 0.25) is 0 Å². The monoisotopic (exact) mass is 276 g/mol. The van der Waals surface area contributed by atoms with Crippen LogP contribution in [0.25, 0.3) is 0 Å². The summed E-state index contributed by atoms with van der Waals surface area (Å²) in [5.74, 6) is 2.69. The first-order valence-electron chi connectivity index (χ1n) is 7.53. The molecule has 3 nitrogen and oxygen atoms in total. The molecule has 0 spiro atoms. The maximum atomic E-state index is 11.2. The average Bonchev–Trinajstić information content (AvgIpc) is 2.45. The first-order valence-corrected chi connectivity index (χ1v) is 7.53. The van der Waals surface area contributed by atoms with Gasteiger partial charge in [0.2, 0.25) is 0 Å². The van der Waals surface area contributed by atoms with Gasteiger partial charge in [-0.25, -0.2) is 0 Å². The average molecular weight is 276 g/mol. The molecular formula is C17H24O3. The lowest BCUT2D eigenvalue weighted by Crippen LogP contribution is -2.29. The van der Waals surface area contributed by atoms with Crippen molar-refractivity contribution in [2.45, 2.75) is 46.1 Å². The summed E-state index contributed by atoms with van der Waals surface area (Å²) in [6.07, 6.45) is 4.29. The fourth-order valence-corrected chi connectivity index (χ4v) is 2.79. The Labute approximate surface area is 121 Å². The van der Waals surface area contributed by atoms with Crippen LogP contribution in [0.15, 0.2) is 18.2 Å². The second-order valence-electron chi connectivity index (χ2n) is 5.73. The predicted octanol–water partition coefficient (Wildman–Crippen LogP) is 4.10. The van der Waals surface area contributed by atoms with Crippen molar-refractivity contribution >= 4 is 6.29 Å². The van der Waals surface area contributed by atoms with Crippen LogP contribution in [0.3, 0.4) is 0 Å². The van der Waals surface area contributed by atoms with E-state index in [1.54, 1.807) is 6.07 Å². The van der Waals surface area contributed by atoms with E-state index < -0.39 is 0 Å². The molecule has 1 aromatic carbocycles. The van der Waals surface area contributed by atoms with Gasteiger partial charge in [-0.2, -0.15) is 0 Å². The molecule has 0 amide bonds. The standard InChI is InChI=1S/C17H24O3/c1-4-19-16-7-5-6-14(11-18)17(16)20-15-9-8-12(2)13(3)10-15/h5-7,11-13,15H,4,8-10H2,1-3H3. The second kappa shape index (κ2) is 6.78. The highest BCUT2D eigenvalue weighted by Gasteiger charge is 2.27. The van der Waals surface area contributed by atoms with Gasteiger partial charge in [-0.3, -0.25) is 4.79 Å². The van der Waals surface area contributed by atoms with Gasteiger partial charge in [-0.1, -0.05) is 19.9 Å². The van der Waals surface area contributed by atoms with Gasteiger partial charge in [0.15, 0.2) is 17.8 Å². The Hall–Kier alpha value is -1.51. The number of carbonyl (C=O) groups excluding carboxylic acids is 1. The summed E-state index contributed by atoms with van der Waals surface area (Å²) in [5, 5.41) is 0. The third-order valence-electron chi connectivity index (χ3n) is 4.27. The van der Waals surface area contributed by atoms with Crippen molar-refractivity contribution in [3.05, 3.63) is 23.8 Å². The number of para-hydroxylation sites is 1. The maximum absolute atomic E-state index is 11.2. The molecule has 1 aliphatic rings. The molecule has 1 fully saturated rings. The maximum Gasteiger partial charge on any atom is 0.172 e. The molecule has 0 saturated heterocycles. The number of carbonyl (C=O) groups is 1. The van der Waals surface area contributed by atoms with Gasteiger partial charge in [0.1, 0.15) is 0 Å². The van der Waals surface area contributed by atoms with Gasteiger partial charge >= 0.3 is 0 Å². The van der Waals surface area contributed by atoms with E-state index in [-0.39, 0.29) is 6.10 Å². The van der Waals surface area contributed by atoms with Crippen molar-refractivity contribution in [2.75, 3.05) is 6.61 Å². The first kappa shape index (κ1) is 14.9. The fourth-order valence-electron chi connectivity index (χ4n) is 2.79. The summed E-state index contributed by atoms with van der Waals surface area (Å²) >= 11 is 0. The smallest absolute Gasteiger partial charge is 0.172 e. The third-order valence-corrected chi connectivity index (χ3v) is 4.27. The van der Waals surface area contributed by atoms with E-state index >= 15 is 0 Å². The van der Waals surface area contributed by atoms with Gasteiger partial charge in [-0.05, 0) is 50.2 Å². The summed E-state index contributed by atoms with van der Waals surface area (Å²) in [6, 6.07) is 5.47. The lowest BCUT2D eigenvalue weighted by Gasteiger charge is -2.32.